The van der Waals surface area contributed by atoms with E-state index >= 15 is 0 Å². The maximum absolute atomic E-state index is 10.8. The predicted molar refractivity (Wildman–Crippen MR) is 69.9 cm³/mol. The molecule has 0 radical (unpaired) electrons. The van der Waals surface area contributed by atoms with Gasteiger partial charge in [-0.1, -0.05) is 11.6 Å². The zero-order valence-electron chi connectivity index (χ0n) is 9.77. The molecule has 6 nitrogen and oxygen atoms in total. The first-order valence-electron chi connectivity index (χ1n) is 5.17. The van der Waals surface area contributed by atoms with E-state index in [1.54, 1.807) is 0 Å². The minimum Gasteiger partial charge on any atom is -0.369 e. The summed E-state index contributed by atoms with van der Waals surface area (Å²) in [6, 6.07) is 3.48. The van der Waals surface area contributed by atoms with Gasteiger partial charge in [0.25, 0.3) is 0 Å². The minimum atomic E-state index is -3.15. The molecule has 18 heavy (non-hydrogen) atoms. The van der Waals surface area contributed by atoms with E-state index in [1.807, 2.05) is 6.07 Å². The standard InChI is InChI=1S/C10H13ClN4O2S/c1-18(16,17)15-5-2-4-13-10-9(11)8(7-12)3-6-14-10/h3,6,15H,2,4-5H2,1H3,(H,13,14). The number of nitrogens with zero attached hydrogens (tertiary/aromatic N) is 2. The van der Waals surface area contributed by atoms with Crippen molar-refractivity contribution in [3.05, 3.63) is 22.8 Å². The van der Waals surface area contributed by atoms with Crippen molar-refractivity contribution < 1.29 is 8.42 Å². The second kappa shape index (κ2) is 6.54. The molecular formula is C10H13ClN4O2S. The lowest BCUT2D eigenvalue weighted by atomic mass is 10.3. The fourth-order valence-electron chi connectivity index (χ4n) is 1.21. The molecule has 0 aliphatic heterocycles. The van der Waals surface area contributed by atoms with Crippen LogP contribution in [0.4, 0.5) is 5.82 Å². The van der Waals surface area contributed by atoms with E-state index in [1.165, 1.54) is 12.3 Å². The SMILES string of the molecule is CS(=O)(=O)NCCCNc1nccc(C#N)c1Cl. The van der Waals surface area contributed by atoms with Crippen LogP contribution in [-0.4, -0.2) is 32.7 Å². The van der Waals surface area contributed by atoms with Gasteiger partial charge in [-0.05, 0) is 12.5 Å². The molecule has 0 aliphatic carbocycles. The monoisotopic (exact) mass is 288 g/mol. The van der Waals surface area contributed by atoms with Gasteiger partial charge in [0.1, 0.15) is 16.9 Å². The van der Waals surface area contributed by atoms with Crippen molar-refractivity contribution in [2.75, 3.05) is 24.7 Å². The van der Waals surface area contributed by atoms with Crippen molar-refractivity contribution in [1.82, 2.24) is 9.71 Å². The molecule has 0 spiro atoms. The molecule has 0 fully saturated rings. The Labute approximate surface area is 111 Å². The zero-order chi connectivity index (χ0) is 13.6. The van der Waals surface area contributed by atoms with Gasteiger partial charge >= 0.3 is 0 Å². The molecule has 0 aliphatic rings. The van der Waals surface area contributed by atoms with Crippen molar-refractivity contribution in [3.63, 3.8) is 0 Å². The molecule has 0 amide bonds. The first-order valence-corrected chi connectivity index (χ1v) is 7.44. The molecule has 0 saturated carbocycles. The molecule has 1 aromatic heterocycles. The van der Waals surface area contributed by atoms with Crippen LogP contribution in [0.15, 0.2) is 12.3 Å². The highest BCUT2D eigenvalue weighted by molar-refractivity contribution is 7.88. The number of halogens is 1. The number of nitriles is 1. The van der Waals surface area contributed by atoms with Gasteiger partial charge in [0.05, 0.1) is 11.8 Å². The molecule has 1 aromatic rings. The summed E-state index contributed by atoms with van der Waals surface area (Å²) in [5.41, 5.74) is 0.350. The van der Waals surface area contributed by atoms with Gasteiger partial charge in [0, 0.05) is 19.3 Å². The predicted octanol–water partition coefficient (Wildman–Crippen LogP) is 0.958. The average molecular weight is 289 g/mol. The highest BCUT2D eigenvalue weighted by Crippen LogP contribution is 2.22. The number of sulfonamides is 1. The molecule has 0 unspecified atom stereocenters. The van der Waals surface area contributed by atoms with E-state index in [0.717, 1.165) is 6.26 Å². The largest absolute Gasteiger partial charge is 0.369 e. The number of rotatable bonds is 6. The van der Waals surface area contributed by atoms with Crippen LogP contribution >= 0.6 is 11.6 Å². The Morgan fingerprint density at radius 1 is 1.50 bits per heavy atom. The third-order valence-electron chi connectivity index (χ3n) is 2.02. The van der Waals surface area contributed by atoms with Gasteiger partial charge in [0.15, 0.2) is 0 Å². The smallest absolute Gasteiger partial charge is 0.208 e. The van der Waals surface area contributed by atoms with Crippen LogP contribution in [0, 0.1) is 11.3 Å². The van der Waals surface area contributed by atoms with Crippen LogP contribution in [0.3, 0.4) is 0 Å². The van der Waals surface area contributed by atoms with Crippen LogP contribution in [-0.2, 0) is 10.0 Å². The van der Waals surface area contributed by atoms with Gasteiger partial charge in [-0.25, -0.2) is 18.1 Å². The number of anilines is 1. The molecule has 2 N–H and O–H groups in total. The van der Waals surface area contributed by atoms with Crippen LogP contribution in [0.25, 0.3) is 0 Å². The van der Waals surface area contributed by atoms with Gasteiger partial charge in [-0.15, -0.1) is 0 Å². The molecule has 1 heterocycles. The van der Waals surface area contributed by atoms with Crippen molar-refractivity contribution in [1.29, 1.82) is 5.26 Å². The minimum absolute atomic E-state index is 0.274. The first-order chi connectivity index (χ1) is 8.44. The lowest BCUT2D eigenvalue weighted by Crippen LogP contribution is -2.24. The Bertz CT molecular complexity index is 553. The van der Waals surface area contributed by atoms with Crippen molar-refractivity contribution >= 4 is 27.4 Å². The molecule has 98 valence electrons. The molecule has 1 rings (SSSR count). The quantitative estimate of drug-likeness (QED) is 0.760. The summed E-state index contributed by atoms with van der Waals surface area (Å²) in [5.74, 6) is 0.426. The summed E-state index contributed by atoms with van der Waals surface area (Å²) in [4.78, 5) is 4.00. The highest BCUT2D eigenvalue weighted by Gasteiger charge is 2.06. The molecule has 0 saturated heterocycles. The van der Waals surface area contributed by atoms with Crippen LogP contribution in [0.5, 0.6) is 0 Å². The molecular weight excluding hydrogens is 276 g/mol. The number of pyridine rings is 1. The van der Waals surface area contributed by atoms with E-state index in [0.29, 0.717) is 30.9 Å². The maximum atomic E-state index is 10.8. The van der Waals surface area contributed by atoms with E-state index in [4.69, 9.17) is 16.9 Å². The zero-order valence-corrected chi connectivity index (χ0v) is 11.3. The third-order valence-corrected chi connectivity index (χ3v) is 3.13. The highest BCUT2D eigenvalue weighted by atomic mass is 35.5. The average Bonchev–Trinajstić information content (AvgIpc) is 2.29. The van der Waals surface area contributed by atoms with Crippen LogP contribution < -0.4 is 10.0 Å². The van der Waals surface area contributed by atoms with E-state index in [9.17, 15) is 8.42 Å². The van der Waals surface area contributed by atoms with Crippen molar-refractivity contribution in [2.24, 2.45) is 0 Å². The lowest BCUT2D eigenvalue weighted by Gasteiger charge is -2.07. The lowest BCUT2D eigenvalue weighted by molar-refractivity contribution is 0.586. The summed E-state index contributed by atoms with van der Waals surface area (Å²) in [6.07, 6.45) is 3.18. The summed E-state index contributed by atoms with van der Waals surface area (Å²) in [7, 11) is -3.15. The molecule has 0 aromatic carbocycles. The Kier molecular flexibility index (Phi) is 5.34. The van der Waals surface area contributed by atoms with Gasteiger partial charge in [-0.3, -0.25) is 0 Å². The van der Waals surface area contributed by atoms with Gasteiger partial charge in [-0.2, -0.15) is 5.26 Å². The number of aromatic nitrogens is 1. The summed E-state index contributed by atoms with van der Waals surface area (Å²) in [6.45, 7) is 0.839. The van der Waals surface area contributed by atoms with Crippen LogP contribution in [0.2, 0.25) is 5.02 Å². The van der Waals surface area contributed by atoms with Gasteiger partial charge < -0.3 is 5.32 Å². The van der Waals surface area contributed by atoms with E-state index < -0.39 is 10.0 Å². The normalized spacial score (nSPS) is 10.9. The fourth-order valence-corrected chi connectivity index (χ4v) is 1.94. The molecule has 0 atom stereocenters. The topological polar surface area (TPSA) is 94.9 Å². The number of nitrogens with one attached hydrogen (secondary N) is 2. The third kappa shape index (κ3) is 4.87. The van der Waals surface area contributed by atoms with E-state index in [2.05, 4.69) is 15.0 Å². The maximum Gasteiger partial charge on any atom is 0.208 e. The van der Waals surface area contributed by atoms with Crippen molar-refractivity contribution in [2.45, 2.75) is 6.42 Å². The van der Waals surface area contributed by atoms with Crippen LogP contribution in [0.1, 0.15) is 12.0 Å². The first kappa shape index (κ1) is 14.7. The number of hydrogen-bond acceptors (Lipinski definition) is 5. The summed E-state index contributed by atoms with van der Waals surface area (Å²) >= 11 is 5.94. The Balaban J connectivity index is 2.43. The Morgan fingerprint density at radius 2 is 2.22 bits per heavy atom. The summed E-state index contributed by atoms with van der Waals surface area (Å²) < 4.78 is 24.0. The molecule has 0 bridgehead atoms. The Hall–Kier alpha value is -1.36. The van der Waals surface area contributed by atoms with Crippen molar-refractivity contribution in [3.8, 4) is 6.07 Å². The van der Waals surface area contributed by atoms with E-state index in [-0.39, 0.29) is 5.02 Å². The Morgan fingerprint density at radius 3 is 2.83 bits per heavy atom. The number of hydrogen-bond donors (Lipinski definition) is 2. The fraction of sp³-hybridized carbons (Fsp3) is 0.400. The second-order valence-corrected chi connectivity index (χ2v) is 5.79. The second-order valence-electron chi connectivity index (χ2n) is 3.58. The summed E-state index contributed by atoms with van der Waals surface area (Å²) in [5, 5.41) is 12.0. The van der Waals surface area contributed by atoms with Gasteiger partial charge in [0.2, 0.25) is 10.0 Å². The molecule has 8 heteroatoms.